The van der Waals surface area contributed by atoms with Crippen LogP contribution in [0.25, 0.3) is 10.2 Å². The maximum atomic E-state index is 5.18. The molecule has 1 N–H and O–H groups in total. The number of aromatic nitrogens is 1. The molecule has 0 unspecified atom stereocenters. The Kier molecular flexibility index (Phi) is 3.21. The number of fused-ring (bicyclic) bond motifs is 1. The van der Waals surface area contributed by atoms with Gasteiger partial charge in [-0.05, 0) is 24.6 Å². The minimum absolute atomic E-state index is 0.829. The van der Waals surface area contributed by atoms with Crippen molar-refractivity contribution >= 4 is 27.2 Å². The standard InChI is InChI=1S/C12H12N2S/c1-2-3-4-7-13-10-5-6-11-12(8-10)15-9-14-11/h1,5-6,8-9,13H,3-4,7H2. The van der Waals surface area contributed by atoms with Gasteiger partial charge in [-0.3, -0.25) is 0 Å². The molecule has 1 aromatic carbocycles. The van der Waals surface area contributed by atoms with Crippen molar-refractivity contribution in [1.82, 2.24) is 4.98 Å². The Morgan fingerprint density at radius 1 is 1.47 bits per heavy atom. The minimum Gasteiger partial charge on any atom is -0.385 e. The Balaban J connectivity index is 1.99. The van der Waals surface area contributed by atoms with Gasteiger partial charge >= 0.3 is 0 Å². The van der Waals surface area contributed by atoms with Gasteiger partial charge in [0.2, 0.25) is 0 Å². The van der Waals surface area contributed by atoms with Crippen molar-refractivity contribution in [3.05, 3.63) is 23.7 Å². The predicted molar refractivity (Wildman–Crippen MR) is 66.2 cm³/mol. The van der Waals surface area contributed by atoms with Crippen LogP contribution >= 0.6 is 11.3 Å². The molecular formula is C12H12N2S. The quantitative estimate of drug-likeness (QED) is 0.627. The molecule has 2 rings (SSSR count). The summed E-state index contributed by atoms with van der Waals surface area (Å²) < 4.78 is 1.22. The molecule has 1 aromatic heterocycles. The van der Waals surface area contributed by atoms with Gasteiger partial charge in [-0.15, -0.1) is 23.7 Å². The number of hydrogen-bond acceptors (Lipinski definition) is 3. The van der Waals surface area contributed by atoms with Crippen LogP contribution in [0.3, 0.4) is 0 Å². The summed E-state index contributed by atoms with van der Waals surface area (Å²) in [6.45, 7) is 0.925. The monoisotopic (exact) mass is 216 g/mol. The van der Waals surface area contributed by atoms with E-state index >= 15 is 0 Å². The molecule has 0 atom stereocenters. The Labute approximate surface area is 93.3 Å². The molecule has 0 aliphatic rings. The van der Waals surface area contributed by atoms with Crippen LogP contribution in [0, 0.1) is 12.3 Å². The largest absolute Gasteiger partial charge is 0.385 e. The Hall–Kier alpha value is -1.53. The number of benzene rings is 1. The third kappa shape index (κ3) is 2.48. The van der Waals surface area contributed by atoms with Gasteiger partial charge in [-0.2, -0.15) is 0 Å². The lowest BCUT2D eigenvalue weighted by atomic mass is 10.2. The lowest BCUT2D eigenvalue weighted by molar-refractivity contribution is 0.907. The number of anilines is 1. The van der Waals surface area contributed by atoms with Crippen LogP contribution < -0.4 is 5.32 Å². The molecule has 2 aromatic rings. The molecule has 0 radical (unpaired) electrons. The minimum atomic E-state index is 0.829. The third-order valence-electron chi connectivity index (χ3n) is 2.16. The highest BCUT2D eigenvalue weighted by Gasteiger charge is 1.97. The first-order chi connectivity index (χ1) is 7.40. The van der Waals surface area contributed by atoms with Crippen LogP contribution in [0.2, 0.25) is 0 Å². The highest BCUT2D eigenvalue weighted by Crippen LogP contribution is 2.21. The van der Waals surface area contributed by atoms with Crippen molar-refractivity contribution in [2.45, 2.75) is 12.8 Å². The van der Waals surface area contributed by atoms with Crippen molar-refractivity contribution < 1.29 is 0 Å². The topological polar surface area (TPSA) is 24.9 Å². The second-order valence-corrected chi connectivity index (χ2v) is 4.16. The fourth-order valence-electron chi connectivity index (χ4n) is 1.39. The third-order valence-corrected chi connectivity index (χ3v) is 2.95. The summed E-state index contributed by atoms with van der Waals surface area (Å²) in [7, 11) is 0. The summed E-state index contributed by atoms with van der Waals surface area (Å²) >= 11 is 1.66. The Bertz CT molecular complexity index is 482. The van der Waals surface area contributed by atoms with Crippen LogP contribution in [0.4, 0.5) is 5.69 Å². The van der Waals surface area contributed by atoms with E-state index in [0.29, 0.717) is 0 Å². The van der Waals surface area contributed by atoms with E-state index in [2.05, 4.69) is 28.4 Å². The molecule has 2 nitrogen and oxygen atoms in total. The van der Waals surface area contributed by atoms with Crippen molar-refractivity contribution in [2.75, 3.05) is 11.9 Å². The number of nitrogens with zero attached hydrogens (tertiary/aromatic N) is 1. The Morgan fingerprint density at radius 2 is 2.40 bits per heavy atom. The van der Waals surface area contributed by atoms with Crippen LogP contribution in [0.5, 0.6) is 0 Å². The normalized spacial score (nSPS) is 10.1. The SMILES string of the molecule is C#CCCCNc1ccc2ncsc2c1. The van der Waals surface area contributed by atoms with Gasteiger partial charge in [0.1, 0.15) is 0 Å². The molecule has 0 saturated heterocycles. The van der Waals surface area contributed by atoms with E-state index in [1.807, 2.05) is 11.6 Å². The zero-order valence-corrected chi connectivity index (χ0v) is 9.18. The molecule has 0 aliphatic heterocycles. The fourth-order valence-corrected chi connectivity index (χ4v) is 2.10. The first-order valence-corrected chi connectivity index (χ1v) is 5.79. The summed E-state index contributed by atoms with van der Waals surface area (Å²) in [4.78, 5) is 4.23. The maximum absolute atomic E-state index is 5.18. The number of terminal acetylenes is 1. The summed E-state index contributed by atoms with van der Waals surface area (Å²) in [5.74, 6) is 2.63. The lowest BCUT2D eigenvalue weighted by Crippen LogP contribution is -2.00. The molecular weight excluding hydrogens is 204 g/mol. The first-order valence-electron chi connectivity index (χ1n) is 4.91. The predicted octanol–water partition coefficient (Wildman–Crippen LogP) is 3.12. The highest BCUT2D eigenvalue weighted by atomic mass is 32.1. The van der Waals surface area contributed by atoms with E-state index in [0.717, 1.165) is 30.6 Å². The zero-order chi connectivity index (χ0) is 10.5. The molecule has 0 bridgehead atoms. The van der Waals surface area contributed by atoms with E-state index in [4.69, 9.17) is 6.42 Å². The molecule has 0 fully saturated rings. The number of nitrogens with one attached hydrogen (secondary N) is 1. The van der Waals surface area contributed by atoms with Crippen LogP contribution in [0.15, 0.2) is 23.7 Å². The summed E-state index contributed by atoms with van der Waals surface area (Å²) in [6.07, 6.45) is 7.02. The smallest absolute Gasteiger partial charge is 0.0813 e. The molecule has 1 heterocycles. The molecule has 0 spiro atoms. The molecule has 15 heavy (non-hydrogen) atoms. The second kappa shape index (κ2) is 4.81. The van der Waals surface area contributed by atoms with E-state index < -0.39 is 0 Å². The first kappa shape index (κ1) is 10.0. The molecule has 76 valence electrons. The van der Waals surface area contributed by atoms with Gasteiger partial charge in [-0.25, -0.2) is 4.98 Å². The molecule has 0 amide bonds. The number of unbranched alkanes of at least 4 members (excludes halogenated alkanes) is 1. The van der Waals surface area contributed by atoms with E-state index in [1.54, 1.807) is 11.3 Å². The number of rotatable bonds is 4. The van der Waals surface area contributed by atoms with Gasteiger partial charge in [0.25, 0.3) is 0 Å². The van der Waals surface area contributed by atoms with Crippen LogP contribution in [0.1, 0.15) is 12.8 Å². The zero-order valence-electron chi connectivity index (χ0n) is 8.36. The highest BCUT2D eigenvalue weighted by molar-refractivity contribution is 7.16. The van der Waals surface area contributed by atoms with Gasteiger partial charge in [0, 0.05) is 18.7 Å². The number of thiazole rings is 1. The van der Waals surface area contributed by atoms with Crippen LogP contribution in [-0.2, 0) is 0 Å². The molecule has 0 saturated carbocycles. The summed E-state index contributed by atoms with van der Waals surface area (Å²) in [5, 5.41) is 3.34. The Morgan fingerprint density at radius 3 is 3.27 bits per heavy atom. The molecule has 3 heteroatoms. The van der Waals surface area contributed by atoms with E-state index in [9.17, 15) is 0 Å². The average Bonchev–Trinajstić information content (AvgIpc) is 2.71. The maximum Gasteiger partial charge on any atom is 0.0813 e. The van der Waals surface area contributed by atoms with Crippen molar-refractivity contribution in [2.24, 2.45) is 0 Å². The molecule has 0 aliphatic carbocycles. The number of hydrogen-bond donors (Lipinski definition) is 1. The average molecular weight is 216 g/mol. The van der Waals surface area contributed by atoms with Crippen molar-refractivity contribution in [3.8, 4) is 12.3 Å². The van der Waals surface area contributed by atoms with E-state index in [1.165, 1.54) is 4.70 Å². The van der Waals surface area contributed by atoms with Gasteiger partial charge in [0.05, 0.1) is 15.7 Å². The fraction of sp³-hybridized carbons (Fsp3) is 0.250. The van der Waals surface area contributed by atoms with Gasteiger partial charge < -0.3 is 5.32 Å². The van der Waals surface area contributed by atoms with Gasteiger partial charge in [0.15, 0.2) is 0 Å². The van der Waals surface area contributed by atoms with E-state index in [-0.39, 0.29) is 0 Å². The van der Waals surface area contributed by atoms with Gasteiger partial charge in [-0.1, -0.05) is 0 Å². The summed E-state index contributed by atoms with van der Waals surface area (Å²) in [5.41, 5.74) is 4.07. The summed E-state index contributed by atoms with van der Waals surface area (Å²) in [6, 6.07) is 6.22. The van der Waals surface area contributed by atoms with Crippen LogP contribution in [-0.4, -0.2) is 11.5 Å². The lowest BCUT2D eigenvalue weighted by Gasteiger charge is -2.04. The van der Waals surface area contributed by atoms with Crippen molar-refractivity contribution in [1.29, 1.82) is 0 Å². The second-order valence-electron chi connectivity index (χ2n) is 3.27. The van der Waals surface area contributed by atoms with Crippen molar-refractivity contribution in [3.63, 3.8) is 0 Å².